The molecule has 2 aromatic carbocycles. The number of anilines is 1. The minimum Gasteiger partial charge on any atom is -0.496 e. The van der Waals surface area contributed by atoms with Crippen LogP contribution in [-0.4, -0.2) is 29.7 Å². The predicted octanol–water partition coefficient (Wildman–Crippen LogP) is 3.78. The number of nitrogens with one attached hydrogen (secondary N) is 1. The Hall–Kier alpha value is -2.38. The van der Waals surface area contributed by atoms with Crippen LogP contribution in [0.4, 0.5) is 5.69 Å². The molecular formula is C17H18ClNO5S. The third-order valence-electron chi connectivity index (χ3n) is 3.29. The third kappa shape index (κ3) is 4.80. The molecule has 0 unspecified atom stereocenters. The summed E-state index contributed by atoms with van der Waals surface area (Å²) in [5.74, 6) is 1.36. The Morgan fingerprint density at radius 2 is 1.60 bits per heavy atom. The number of hydrogen-bond donors (Lipinski definition) is 1. The molecule has 0 aliphatic rings. The Morgan fingerprint density at radius 1 is 1.00 bits per heavy atom. The zero-order valence-corrected chi connectivity index (χ0v) is 15.5. The molecule has 0 fully saturated rings. The summed E-state index contributed by atoms with van der Waals surface area (Å²) in [7, 11) is 0.686. The first-order chi connectivity index (χ1) is 11.9. The SMILES string of the molecule is COc1cc(OC)c(C=CS(=O)(=O)Nc2ccccc2Cl)c(OC)c1. The molecule has 2 rings (SSSR count). The molecule has 25 heavy (non-hydrogen) atoms. The minimum absolute atomic E-state index is 0.294. The molecule has 0 amide bonds. The summed E-state index contributed by atoms with van der Waals surface area (Å²) >= 11 is 5.97. The van der Waals surface area contributed by atoms with Gasteiger partial charge in [0.05, 0.1) is 43.0 Å². The monoisotopic (exact) mass is 383 g/mol. The van der Waals surface area contributed by atoms with Crippen LogP contribution in [0.15, 0.2) is 41.8 Å². The van der Waals surface area contributed by atoms with Gasteiger partial charge in [-0.2, -0.15) is 0 Å². The van der Waals surface area contributed by atoms with Gasteiger partial charge in [-0.25, -0.2) is 8.42 Å². The predicted molar refractivity (Wildman–Crippen MR) is 99.1 cm³/mol. The highest BCUT2D eigenvalue weighted by Gasteiger charge is 2.13. The third-order valence-corrected chi connectivity index (χ3v) is 4.62. The molecule has 0 radical (unpaired) electrons. The standard InChI is InChI=1S/C17H18ClNO5S/c1-22-12-10-16(23-2)13(17(11-12)24-3)8-9-25(20,21)19-15-7-5-4-6-14(15)18/h4-11,19H,1-3H3. The lowest BCUT2D eigenvalue weighted by molar-refractivity contribution is 0.374. The van der Waals surface area contributed by atoms with Crippen LogP contribution in [0, 0.1) is 0 Å². The Labute approximate surface area is 152 Å². The summed E-state index contributed by atoms with van der Waals surface area (Å²) in [5.41, 5.74) is 0.762. The van der Waals surface area contributed by atoms with E-state index in [4.69, 9.17) is 25.8 Å². The molecule has 0 aromatic heterocycles. The highest BCUT2D eigenvalue weighted by atomic mass is 35.5. The largest absolute Gasteiger partial charge is 0.496 e. The van der Waals surface area contributed by atoms with Crippen molar-refractivity contribution in [2.75, 3.05) is 26.1 Å². The molecule has 6 nitrogen and oxygen atoms in total. The van der Waals surface area contributed by atoms with Gasteiger partial charge in [0, 0.05) is 12.1 Å². The molecule has 2 aromatic rings. The molecule has 0 aliphatic carbocycles. The fourth-order valence-electron chi connectivity index (χ4n) is 2.09. The highest BCUT2D eigenvalue weighted by molar-refractivity contribution is 7.95. The number of sulfonamides is 1. The van der Waals surface area contributed by atoms with Gasteiger partial charge in [-0.1, -0.05) is 23.7 Å². The fourth-order valence-corrected chi connectivity index (χ4v) is 3.19. The summed E-state index contributed by atoms with van der Waals surface area (Å²) in [6, 6.07) is 9.83. The van der Waals surface area contributed by atoms with Crippen molar-refractivity contribution in [1.82, 2.24) is 0 Å². The van der Waals surface area contributed by atoms with Gasteiger partial charge >= 0.3 is 0 Å². The molecule has 0 heterocycles. The van der Waals surface area contributed by atoms with Gasteiger partial charge in [0.2, 0.25) is 0 Å². The first kappa shape index (κ1) is 19.0. The first-order valence-corrected chi connectivity index (χ1v) is 9.08. The van der Waals surface area contributed by atoms with Crippen LogP contribution in [0.5, 0.6) is 17.2 Å². The van der Waals surface area contributed by atoms with Crippen molar-refractivity contribution in [3.8, 4) is 17.2 Å². The van der Waals surface area contributed by atoms with E-state index in [0.717, 1.165) is 5.41 Å². The lowest BCUT2D eigenvalue weighted by Gasteiger charge is -2.12. The molecule has 0 aliphatic heterocycles. The quantitative estimate of drug-likeness (QED) is 0.787. The molecule has 1 N–H and O–H groups in total. The number of hydrogen-bond acceptors (Lipinski definition) is 5. The van der Waals surface area contributed by atoms with Crippen LogP contribution >= 0.6 is 11.6 Å². The van der Waals surface area contributed by atoms with Crippen molar-refractivity contribution in [1.29, 1.82) is 0 Å². The lowest BCUT2D eigenvalue weighted by atomic mass is 10.1. The van der Waals surface area contributed by atoms with Gasteiger partial charge in [-0.15, -0.1) is 0 Å². The zero-order valence-electron chi connectivity index (χ0n) is 13.9. The first-order valence-electron chi connectivity index (χ1n) is 7.15. The molecule has 0 spiro atoms. The summed E-state index contributed by atoms with van der Waals surface area (Å²) in [6.45, 7) is 0. The van der Waals surface area contributed by atoms with E-state index in [2.05, 4.69) is 4.72 Å². The molecule has 0 bridgehead atoms. The second kappa shape index (κ2) is 8.13. The average molecular weight is 384 g/mol. The second-order valence-corrected chi connectivity index (χ2v) is 6.85. The lowest BCUT2D eigenvalue weighted by Crippen LogP contribution is -2.09. The van der Waals surface area contributed by atoms with Crippen LogP contribution in [0.25, 0.3) is 6.08 Å². The molecule has 0 atom stereocenters. The summed E-state index contributed by atoms with van der Waals surface area (Å²) < 4.78 is 42.7. The van der Waals surface area contributed by atoms with Gasteiger partial charge in [-0.3, -0.25) is 4.72 Å². The van der Waals surface area contributed by atoms with E-state index >= 15 is 0 Å². The van der Waals surface area contributed by atoms with E-state index in [-0.39, 0.29) is 0 Å². The number of benzene rings is 2. The Morgan fingerprint density at radius 3 is 2.12 bits per heavy atom. The number of methoxy groups -OCH3 is 3. The molecule has 0 saturated carbocycles. The van der Waals surface area contributed by atoms with Gasteiger partial charge in [0.1, 0.15) is 17.2 Å². The highest BCUT2D eigenvalue weighted by Crippen LogP contribution is 2.35. The number of ether oxygens (including phenoxy) is 3. The summed E-state index contributed by atoms with van der Waals surface area (Å²) in [4.78, 5) is 0. The van der Waals surface area contributed by atoms with Crippen molar-refractivity contribution in [3.63, 3.8) is 0 Å². The summed E-state index contributed by atoms with van der Waals surface area (Å²) in [5, 5.41) is 1.32. The Bertz CT molecular complexity index is 855. The van der Waals surface area contributed by atoms with Crippen molar-refractivity contribution in [3.05, 3.63) is 52.4 Å². The maximum absolute atomic E-state index is 12.3. The van der Waals surface area contributed by atoms with Crippen LogP contribution in [0.2, 0.25) is 5.02 Å². The van der Waals surface area contributed by atoms with Crippen molar-refractivity contribution in [2.24, 2.45) is 0 Å². The van der Waals surface area contributed by atoms with E-state index in [1.165, 1.54) is 27.4 Å². The molecule has 134 valence electrons. The molecular weight excluding hydrogens is 366 g/mol. The van der Waals surface area contributed by atoms with Crippen LogP contribution < -0.4 is 18.9 Å². The van der Waals surface area contributed by atoms with E-state index in [1.807, 2.05) is 0 Å². The van der Waals surface area contributed by atoms with Gasteiger partial charge in [0.25, 0.3) is 10.0 Å². The number of rotatable bonds is 7. The van der Waals surface area contributed by atoms with Crippen LogP contribution in [0.3, 0.4) is 0 Å². The zero-order chi connectivity index (χ0) is 18.4. The molecule has 0 saturated heterocycles. The second-order valence-electron chi connectivity index (χ2n) is 4.88. The maximum Gasteiger partial charge on any atom is 0.255 e. The Kier molecular flexibility index (Phi) is 6.17. The van der Waals surface area contributed by atoms with Gasteiger partial charge in [0.15, 0.2) is 0 Å². The maximum atomic E-state index is 12.3. The number of halogens is 1. The van der Waals surface area contributed by atoms with E-state index in [0.29, 0.717) is 33.5 Å². The van der Waals surface area contributed by atoms with E-state index in [9.17, 15) is 8.42 Å². The molecule has 8 heteroatoms. The normalized spacial score (nSPS) is 11.4. The average Bonchev–Trinajstić information content (AvgIpc) is 2.61. The number of para-hydroxylation sites is 1. The smallest absolute Gasteiger partial charge is 0.255 e. The summed E-state index contributed by atoms with van der Waals surface area (Å²) in [6.07, 6.45) is 1.39. The topological polar surface area (TPSA) is 73.9 Å². The van der Waals surface area contributed by atoms with Gasteiger partial charge < -0.3 is 14.2 Å². The Balaban J connectivity index is 2.36. The van der Waals surface area contributed by atoms with Crippen molar-refractivity contribution < 1.29 is 22.6 Å². The van der Waals surface area contributed by atoms with Gasteiger partial charge in [-0.05, 0) is 18.2 Å². The van der Waals surface area contributed by atoms with E-state index < -0.39 is 10.0 Å². The van der Waals surface area contributed by atoms with Crippen molar-refractivity contribution >= 4 is 33.4 Å². The van der Waals surface area contributed by atoms with Crippen LogP contribution in [0.1, 0.15) is 5.56 Å². The van der Waals surface area contributed by atoms with E-state index in [1.54, 1.807) is 36.4 Å². The van der Waals surface area contributed by atoms with Crippen molar-refractivity contribution in [2.45, 2.75) is 0 Å². The minimum atomic E-state index is -3.78. The fraction of sp³-hybridized carbons (Fsp3) is 0.176. The van der Waals surface area contributed by atoms with Crippen LogP contribution in [-0.2, 0) is 10.0 Å².